The van der Waals surface area contributed by atoms with Gasteiger partial charge in [0, 0.05) is 0 Å². The second-order valence-electron chi connectivity index (χ2n) is 7.01. The third kappa shape index (κ3) is 2.71. The Morgan fingerprint density at radius 2 is 1.94 bits per heavy atom. The van der Waals surface area contributed by atoms with Crippen LogP contribution in [-0.4, -0.2) is 33.4 Å². The predicted molar refractivity (Wildman–Crippen MR) is 75.1 cm³/mol. The third-order valence-electron chi connectivity index (χ3n) is 4.44. The highest BCUT2D eigenvalue weighted by Gasteiger charge is 2.45. The summed E-state index contributed by atoms with van der Waals surface area (Å²) in [5.41, 5.74) is 1.35. The Kier molecular flexibility index (Phi) is 3.76. The van der Waals surface area contributed by atoms with E-state index in [9.17, 15) is 0 Å². The molecule has 0 aromatic heterocycles. The van der Waals surface area contributed by atoms with Gasteiger partial charge in [0.1, 0.15) is 12.9 Å². The van der Waals surface area contributed by atoms with Gasteiger partial charge in [0.2, 0.25) is 0 Å². The lowest BCUT2D eigenvalue weighted by Crippen LogP contribution is -2.49. The number of hydrogen-bond acceptors (Lipinski definition) is 3. The standard InChI is InChI=1S/C14H26O3Si/c1-10-7-11-13(16-9-15-11)12(8-10)17-18(5,6)14(2,3)4/h8,11-13H,7,9H2,1-6H3/t11-,12-,13-/m0/s1. The zero-order valence-corrected chi connectivity index (χ0v) is 13.4. The van der Waals surface area contributed by atoms with Gasteiger partial charge in [-0.15, -0.1) is 0 Å². The predicted octanol–water partition coefficient (Wildman–Crippen LogP) is 3.47. The van der Waals surface area contributed by atoms with E-state index >= 15 is 0 Å². The van der Waals surface area contributed by atoms with E-state index in [1.54, 1.807) is 0 Å². The lowest BCUT2D eigenvalue weighted by Gasteiger charge is -2.41. The van der Waals surface area contributed by atoms with Crippen molar-refractivity contribution in [1.82, 2.24) is 0 Å². The van der Waals surface area contributed by atoms with Gasteiger partial charge in [-0.2, -0.15) is 0 Å². The largest absolute Gasteiger partial charge is 0.408 e. The van der Waals surface area contributed by atoms with Crippen molar-refractivity contribution < 1.29 is 13.9 Å². The second kappa shape index (κ2) is 4.74. The molecule has 2 aliphatic rings. The summed E-state index contributed by atoms with van der Waals surface area (Å²) >= 11 is 0. The van der Waals surface area contributed by atoms with Crippen molar-refractivity contribution in [3.05, 3.63) is 11.6 Å². The molecule has 0 N–H and O–H groups in total. The normalized spacial score (nSPS) is 33.2. The molecule has 1 saturated heterocycles. The molecule has 1 heterocycles. The maximum absolute atomic E-state index is 6.49. The molecule has 18 heavy (non-hydrogen) atoms. The van der Waals surface area contributed by atoms with E-state index in [1.165, 1.54) is 5.57 Å². The summed E-state index contributed by atoms with van der Waals surface area (Å²) in [6, 6.07) is 0. The van der Waals surface area contributed by atoms with Gasteiger partial charge in [-0.25, -0.2) is 0 Å². The van der Waals surface area contributed by atoms with Crippen LogP contribution in [0.2, 0.25) is 18.1 Å². The Morgan fingerprint density at radius 3 is 2.56 bits per heavy atom. The van der Waals surface area contributed by atoms with E-state index in [4.69, 9.17) is 13.9 Å². The summed E-state index contributed by atoms with van der Waals surface area (Å²) in [6.07, 6.45) is 3.54. The molecule has 1 fully saturated rings. The Balaban J connectivity index is 2.14. The van der Waals surface area contributed by atoms with Crippen LogP contribution in [-0.2, 0) is 13.9 Å². The SMILES string of the molecule is CC1=C[C@H](O[Si](C)(C)C(C)(C)C)[C@H]2OCO[C@H]2C1. The molecule has 3 nitrogen and oxygen atoms in total. The molecule has 0 aromatic carbocycles. The molecule has 0 spiro atoms. The molecule has 0 aromatic rings. The van der Waals surface area contributed by atoms with Gasteiger partial charge >= 0.3 is 0 Å². The van der Waals surface area contributed by atoms with Crippen LogP contribution in [0.4, 0.5) is 0 Å². The fourth-order valence-electron chi connectivity index (χ4n) is 2.27. The van der Waals surface area contributed by atoms with Crippen LogP contribution < -0.4 is 0 Å². The molecule has 4 heteroatoms. The minimum atomic E-state index is -1.76. The van der Waals surface area contributed by atoms with E-state index in [0.29, 0.717) is 6.79 Å². The molecule has 0 amide bonds. The Morgan fingerprint density at radius 1 is 1.28 bits per heavy atom. The molecule has 0 saturated carbocycles. The van der Waals surface area contributed by atoms with Crippen molar-refractivity contribution in [2.45, 2.75) is 70.6 Å². The third-order valence-corrected chi connectivity index (χ3v) is 8.92. The first-order valence-electron chi connectivity index (χ1n) is 6.79. The zero-order valence-electron chi connectivity index (χ0n) is 12.4. The molecule has 0 radical (unpaired) electrons. The van der Waals surface area contributed by atoms with Crippen molar-refractivity contribution >= 4 is 8.32 Å². The van der Waals surface area contributed by atoms with Crippen LogP contribution in [0.25, 0.3) is 0 Å². The Hall–Kier alpha value is -0.163. The quantitative estimate of drug-likeness (QED) is 0.568. The van der Waals surface area contributed by atoms with Crippen LogP contribution in [0.1, 0.15) is 34.1 Å². The molecule has 0 unspecified atom stereocenters. The van der Waals surface area contributed by atoms with Gasteiger partial charge < -0.3 is 13.9 Å². The first-order chi connectivity index (χ1) is 8.21. The van der Waals surface area contributed by atoms with Gasteiger partial charge in [0.15, 0.2) is 8.32 Å². The van der Waals surface area contributed by atoms with Gasteiger partial charge in [-0.05, 0) is 31.5 Å². The van der Waals surface area contributed by atoms with E-state index in [2.05, 4.69) is 46.9 Å². The Bertz CT molecular complexity index is 343. The summed E-state index contributed by atoms with van der Waals surface area (Å²) in [6.45, 7) is 13.9. The molecule has 1 aliphatic heterocycles. The molecule has 0 bridgehead atoms. The first-order valence-corrected chi connectivity index (χ1v) is 9.70. The number of fused-ring (bicyclic) bond motifs is 1. The molecule has 2 rings (SSSR count). The van der Waals surface area contributed by atoms with Gasteiger partial charge in [0.05, 0.1) is 12.2 Å². The zero-order chi connectivity index (χ0) is 13.6. The molecular formula is C14H26O3Si. The maximum atomic E-state index is 6.49. The van der Waals surface area contributed by atoms with Crippen molar-refractivity contribution in [2.75, 3.05) is 6.79 Å². The van der Waals surface area contributed by atoms with Crippen molar-refractivity contribution in [3.63, 3.8) is 0 Å². The smallest absolute Gasteiger partial charge is 0.193 e. The summed E-state index contributed by atoms with van der Waals surface area (Å²) in [4.78, 5) is 0. The lowest BCUT2D eigenvalue weighted by molar-refractivity contribution is 0.00993. The number of rotatable bonds is 2. The second-order valence-corrected chi connectivity index (χ2v) is 11.8. The van der Waals surface area contributed by atoms with Crippen molar-refractivity contribution in [1.29, 1.82) is 0 Å². The highest BCUT2D eigenvalue weighted by atomic mass is 28.4. The summed E-state index contributed by atoms with van der Waals surface area (Å²) in [5, 5.41) is 0.223. The molecule has 3 atom stereocenters. The maximum Gasteiger partial charge on any atom is 0.193 e. The fraction of sp³-hybridized carbons (Fsp3) is 0.857. The van der Waals surface area contributed by atoms with E-state index in [0.717, 1.165) is 6.42 Å². The van der Waals surface area contributed by atoms with E-state index in [-0.39, 0.29) is 23.4 Å². The van der Waals surface area contributed by atoms with Gasteiger partial charge in [-0.3, -0.25) is 0 Å². The van der Waals surface area contributed by atoms with E-state index in [1.807, 2.05) is 0 Å². The van der Waals surface area contributed by atoms with Gasteiger partial charge in [-0.1, -0.05) is 32.4 Å². The Labute approximate surface area is 112 Å². The number of hydrogen-bond donors (Lipinski definition) is 0. The topological polar surface area (TPSA) is 27.7 Å². The molecular weight excluding hydrogens is 244 g/mol. The minimum Gasteiger partial charge on any atom is -0.408 e. The minimum absolute atomic E-state index is 0.0622. The number of ether oxygens (including phenoxy) is 2. The lowest BCUT2D eigenvalue weighted by atomic mass is 9.93. The summed E-state index contributed by atoms with van der Waals surface area (Å²) < 4.78 is 17.8. The van der Waals surface area contributed by atoms with E-state index < -0.39 is 8.32 Å². The molecule has 1 aliphatic carbocycles. The summed E-state index contributed by atoms with van der Waals surface area (Å²) in [5.74, 6) is 0. The summed E-state index contributed by atoms with van der Waals surface area (Å²) in [7, 11) is -1.76. The average molecular weight is 270 g/mol. The van der Waals surface area contributed by atoms with Crippen LogP contribution in [0.3, 0.4) is 0 Å². The van der Waals surface area contributed by atoms with Crippen molar-refractivity contribution in [2.24, 2.45) is 0 Å². The van der Waals surface area contributed by atoms with Gasteiger partial charge in [0.25, 0.3) is 0 Å². The average Bonchev–Trinajstić information content (AvgIpc) is 2.62. The van der Waals surface area contributed by atoms with Crippen molar-refractivity contribution in [3.8, 4) is 0 Å². The monoisotopic (exact) mass is 270 g/mol. The van der Waals surface area contributed by atoms with Crippen LogP contribution in [0.15, 0.2) is 11.6 Å². The molecule has 104 valence electrons. The van der Waals surface area contributed by atoms with Crippen LogP contribution in [0.5, 0.6) is 0 Å². The first kappa shape index (κ1) is 14.3. The highest BCUT2D eigenvalue weighted by molar-refractivity contribution is 6.74. The van der Waals surface area contributed by atoms with Crippen LogP contribution in [0, 0.1) is 0 Å². The highest BCUT2D eigenvalue weighted by Crippen LogP contribution is 2.40. The van der Waals surface area contributed by atoms with Crippen LogP contribution >= 0.6 is 0 Å². The fourth-order valence-corrected chi connectivity index (χ4v) is 3.50.